The molecule has 0 aliphatic heterocycles. The molecule has 28 heavy (non-hydrogen) atoms. The van der Waals surface area contributed by atoms with Crippen LogP contribution >= 0.6 is 0 Å². The lowest BCUT2D eigenvalue weighted by molar-refractivity contribution is -0.114. The molecule has 2 aromatic rings. The first kappa shape index (κ1) is 21.0. The molecule has 0 aliphatic rings. The quantitative estimate of drug-likeness (QED) is 0.607. The Morgan fingerprint density at radius 2 is 1.79 bits per heavy atom. The van der Waals surface area contributed by atoms with E-state index in [1.807, 2.05) is 45.0 Å². The summed E-state index contributed by atoms with van der Waals surface area (Å²) in [5.41, 5.74) is 1.55. The lowest BCUT2D eigenvalue weighted by atomic mass is 10.1. The molecule has 148 valence electrons. The van der Waals surface area contributed by atoms with Gasteiger partial charge in [0, 0.05) is 22.5 Å². The van der Waals surface area contributed by atoms with E-state index < -0.39 is 0 Å². The summed E-state index contributed by atoms with van der Waals surface area (Å²) in [6, 6.07) is 14.2. The lowest BCUT2D eigenvalue weighted by Gasteiger charge is -2.20. The van der Waals surface area contributed by atoms with Gasteiger partial charge in [0.1, 0.15) is 12.4 Å². The molecule has 0 aromatic heterocycles. The molecule has 0 fully saturated rings. The van der Waals surface area contributed by atoms with Gasteiger partial charge in [0.15, 0.2) is 0 Å². The molecule has 0 aliphatic carbocycles. The minimum atomic E-state index is -0.327. The maximum absolute atomic E-state index is 12.3. The Kier molecular flexibility index (Phi) is 7.21. The maximum Gasteiger partial charge on any atom is 0.251 e. The van der Waals surface area contributed by atoms with Crippen LogP contribution in [0.2, 0.25) is 0 Å². The number of hydrogen-bond acceptors (Lipinski definition) is 4. The van der Waals surface area contributed by atoms with Crippen LogP contribution in [0.15, 0.2) is 61.2 Å². The number of rotatable bonds is 8. The van der Waals surface area contributed by atoms with Crippen LogP contribution in [0.1, 0.15) is 31.1 Å². The van der Waals surface area contributed by atoms with Crippen molar-refractivity contribution in [3.8, 4) is 5.75 Å². The van der Waals surface area contributed by atoms with Crippen LogP contribution in [0, 0.1) is 0 Å². The molecule has 6 heteroatoms. The fourth-order valence-corrected chi connectivity index (χ4v) is 2.36. The highest BCUT2D eigenvalue weighted by atomic mass is 16.5. The van der Waals surface area contributed by atoms with Gasteiger partial charge < -0.3 is 20.7 Å². The second kappa shape index (κ2) is 9.60. The molecule has 0 spiro atoms. The van der Waals surface area contributed by atoms with E-state index in [-0.39, 0.29) is 23.9 Å². The Morgan fingerprint density at radius 3 is 2.43 bits per heavy atom. The summed E-state index contributed by atoms with van der Waals surface area (Å²) in [7, 11) is 0. The number of hydrogen-bond donors (Lipinski definition) is 3. The molecule has 2 rings (SSSR count). The van der Waals surface area contributed by atoms with Crippen LogP contribution in [0.25, 0.3) is 0 Å². The molecule has 0 atom stereocenters. The van der Waals surface area contributed by atoms with E-state index in [4.69, 9.17) is 4.74 Å². The van der Waals surface area contributed by atoms with Crippen LogP contribution in [0.3, 0.4) is 0 Å². The lowest BCUT2D eigenvalue weighted by Crippen LogP contribution is -2.40. The van der Waals surface area contributed by atoms with Crippen molar-refractivity contribution in [2.75, 3.05) is 23.8 Å². The normalized spacial score (nSPS) is 10.7. The number of carbonyl (C=O) groups excluding carboxylic acids is 2. The SMILES string of the molecule is C=CCOc1ccc(NCC(=O)Nc2cccc(C(=O)NC(C)(C)C)c2)cc1. The van der Waals surface area contributed by atoms with Crippen molar-refractivity contribution < 1.29 is 14.3 Å². The first-order chi connectivity index (χ1) is 13.3. The van der Waals surface area contributed by atoms with Gasteiger partial charge in [-0.1, -0.05) is 18.7 Å². The van der Waals surface area contributed by atoms with Crippen molar-refractivity contribution in [2.24, 2.45) is 0 Å². The molecule has 2 aromatic carbocycles. The molecule has 3 N–H and O–H groups in total. The van der Waals surface area contributed by atoms with Gasteiger partial charge in [0.25, 0.3) is 5.91 Å². The van der Waals surface area contributed by atoms with E-state index in [1.54, 1.807) is 30.3 Å². The fourth-order valence-electron chi connectivity index (χ4n) is 2.36. The second-order valence-corrected chi connectivity index (χ2v) is 7.31. The summed E-state index contributed by atoms with van der Waals surface area (Å²) < 4.78 is 5.42. The third-order valence-electron chi connectivity index (χ3n) is 3.57. The predicted octanol–water partition coefficient (Wildman–Crippen LogP) is 3.83. The summed E-state index contributed by atoms with van der Waals surface area (Å²) >= 11 is 0. The van der Waals surface area contributed by atoms with Gasteiger partial charge in [0.05, 0.1) is 6.54 Å². The van der Waals surface area contributed by atoms with Crippen molar-refractivity contribution >= 4 is 23.2 Å². The van der Waals surface area contributed by atoms with Gasteiger partial charge in [-0.25, -0.2) is 0 Å². The number of benzene rings is 2. The Hall–Kier alpha value is -3.28. The Bertz CT molecular complexity index is 824. The fraction of sp³-hybridized carbons (Fsp3) is 0.273. The highest BCUT2D eigenvalue weighted by molar-refractivity contribution is 5.98. The van der Waals surface area contributed by atoms with Crippen LogP contribution in [0.5, 0.6) is 5.75 Å². The Balaban J connectivity index is 1.88. The third kappa shape index (κ3) is 7.15. The standard InChI is InChI=1S/C22H27N3O3/c1-5-13-28-19-11-9-17(10-12-19)23-15-20(26)24-18-8-6-7-16(14-18)21(27)25-22(2,3)4/h5-12,14,23H,1,13,15H2,2-4H3,(H,24,26)(H,25,27). The Morgan fingerprint density at radius 1 is 1.07 bits per heavy atom. The number of ether oxygens (including phenoxy) is 1. The topological polar surface area (TPSA) is 79.5 Å². The molecule has 0 heterocycles. The smallest absolute Gasteiger partial charge is 0.251 e. The van der Waals surface area contributed by atoms with Crippen LogP contribution in [0.4, 0.5) is 11.4 Å². The molecule has 0 radical (unpaired) electrons. The predicted molar refractivity (Wildman–Crippen MR) is 113 cm³/mol. The second-order valence-electron chi connectivity index (χ2n) is 7.31. The van der Waals surface area contributed by atoms with Crippen molar-refractivity contribution in [3.63, 3.8) is 0 Å². The van der Waals surface area contributed by atoms with Gasteiger partial charge in [-0.2, -0.15) is 0 Å². The van der Waals surface area contributed by atoms with Gasteiger partial charge >= 0.3 is 0 Å². The first-order valence-corrected chi connectivity index (χ1v) is 9.07. The highest BCUT2D eigenvalue weighted by Crippen LogP contribution is 2.16. The summed E-state index contributed by atoms with van der Waals surface area (Å²) in [5, 5.41) is 8.74. The molecular weight excluding hydrogens is 354 g/mol. The highest BCUT2D eigenvalue weighted by Gasteiger charge is 2.15. The monoisotopic (exact) mass is 381 g/mol. The minimum Gasteiger partial charge on any atom is -0.490 e. The zero-order valence-corrected chi connectivity index (χ0v) is 16.5. The number of nitrogens with one attached hydrogen (secondary N) is 3. The van der Waals surface area contributed by atoms with E-state index in [1.165, 1.54) is 0 Å². The van der Waals surface area contributed by atoms with E-state index >= 15 is 0 Å². The zero-order valence-electron chi connectivity index (χ0n) is 16.5. The largest absolute Gasteiger partial charge is 0.490 e. The number of carbonyl (C=O) groups is 2. The Labute approximate surface area is 166 Å². The van der Waals surface area contributed by atoms with Crippen molar-refractivity contribution in [1.29, 1.82) is 0 Å². The van der Waals surface area contributed by atoms with Gasteiger partial charge in [-0.05, 0) is 63.2 Å². The van der Waals surface area contributed by atoms with E-state index in [0.29, 0.717) is 17.9 Å². The minimum absolute atomic E-state index is 0.102. The molecular formula is C22H27N3O3. The van der Waals surface area contributed by atoms with Crippen LogP contribution in [-0.2, 0) is 4.79 Å². The summed E-state index contributed by atoms with van der Waals surface area (Å²) in [6.07, 6.45) is 1.68. The van der Waals surface area contributed by atoms with Gasteiger partial charge in [-0.3, -0.25) is 9.59 Å². The summed E-state index contributed by atoms with van der Waals surface area (Å²) in [5.74, 6) is 0.348. The average molecular weight is 381 g/mol. The van der Waals surface area contributed by atoms with E-state index in [9.17, 15) is 9.59 Å². The summed E-state index contributed by atoms with van der Waals surface area (Å²) in [6.45, 7) is 9.90. The van der Waals surface area contributed by atoms with Gasteiger partial charge in [0.2, 0.25) is 5.91 Å². The van der Waals surface area contributed by atoms with Crippen molar-refractivity contribution in [2.45, 2.75) is 26.3 Å². The zero-order chi connectivity index (χ0) is 20.6. The first-order valence-electron chi connectivity index (χ1n) is 9.07. The third-order valence-corrected chi connectivity index (χ3v) is 3.57. The number of anilines is 2. The van der Waals surface area contributed by atoms with Crippen LogP contribution in [-0.4, -0.2) is 30.5 Å². The van der Waals surface area contributed by atoms with Gasteiger partial charge in [-0.15, -0.1) is 0 Å². The van der Waals surface area contributed by atoms with E-state index in [2.05, 4.69) is 22.5 Å². The van der Waals surface area contributed by atoms with Crippen molar-refractivity contribution in [3.05, 3.63) is 66.7 Å². The molecule has 2 amide bonds. The van der Waals surface area contributed by atoms with E-state index in [0.717, 1.165) is 11.4 Å². The summed E-state index contributed by atoms with van der Waals surface area (Å²) in [4.78, 5) is 24.4. The van der Waals surface area contributed by atoms with Crippen LogP contribution < -0.4 is 20.7 Å². The average Bonchev–Trinajstić information content (AvgIpc) is 2.64. The maximum atomic E-state index is 12.3. The molecule has 0 bridgehead atoms. The van der Waals surface area contributed by atoms with Crippen molar-refractivity contribution in [1.82, 2.24) is 5.32 Å². The molecule has 0 saturated heterocycles. The molecule has 0 saturated carbocycles. The molecule has 0 unspecified atom stereocenters. The molecule has 6 nitrogen and oxygen atoms in total. The number of amides is 2.